The summed E-state index contributed by atoms with van der Waals surface area (Å²) in [4.78, 5) is 24.8. The van der Waals surface area contributed by atoms with Crippen LogP contribution >= 0.6 is 0 Å². The zero-order valence-electron chi connectivity index (χ0n) is 15.2. The van der Waals surface area contributed by atoms with E-state index in [9.17, 15) is 14.0 Å². The Hall–Kier alpha value is -4.18. The standard InChI is InChI=1S/C22H16FN3O3/c23-16-8-10-17(11-9-16)25-22(28)19-6-1-2-7-20(19)26-21(27)14-29-18-5-3-4-15(12-18)13-24/h1-12H,14H2,(H,25,28)(H,26,27). The van der Waals surface area contributed by atoms with Crippen molar-refractivity contribution in [2.75, 3.05) is 17.2 Å². The lowest BCUT2D eigenvalue weighted by Crippen LogP contribution is -2.22. The molecular formula is C22H16FN3O3. The summed E-state index contributed by atoms with van der Waals surface area (Å²) in [7, 11) is 0. The van der Waals surface area contributed by atoms with Crippen LogP contribution in [0, 0.1) is 17.1 Å². The normalized spacial score (nSPS) is 9.93. The number of nitrogens with zero attached hydrogens (tertiary/aromatic N) is 1. The number of hydrogen-bond donors (Lipinski definition) is 2. The van der Waals surface area contributed by atoms with Crippen molar-refractivity contribution in [3.63, 3.8) is 0 Å². The molecular weight excluding hydrogens is 373 g/mol. The van der Waals surface area contributed by atoms with Crippen molar-refractivity contribution in [3.8, 4) is 11.8 Å². The number of carbonyl (C=O) groups excluding carboxylic acids is 2. The minimum Gasteiger partial charge on any atom is -0.484 e. The predicted molar refractivity (Wildman–Crippen MR) is 106 cm³/mol. The average Bonchev–Trinajstić information content (AvgIpc) is 2.74. The second-order valence-electron chi connectivity index (χ2n) is 5.98. The molecule has 29 heavy (non-hydrogen) atoms. The smallest absolute Gasteiger partial charge is 0.262 e. The van der Waals surface area contributed by atoms with Crippen LogP contribution in [0.2, 0.25) is 0 Å². The number of hydrogen-bond acceptors (Lipinski definition) is 4. The number of anilines is 2. The van der Waals surface area contributed by atoms with E-state index < -0.39 is 17.6 Å². The van der Waals surface area contributed by atoms with Crippen molar-refractivity contribution in [2.24, 2.45) is 0 Å². The number of amides is 2. The molecule has 2 amide bonds. The fraction of sp³-hybridized carbons (Fsp3) is 0.0455. The minimum atomic E-state index is -0.464. The summed E-state index contributed by atoms with van der Waals surface area (Å²) >= 11 is 0. The third-order valence-corrected chi connectivity index (χ3v) is 3.88. The van der Waals surface area contributed by atoms with E-state index in [0.29, 0.717) is 22.7 Å². The second-order valence-corrected chi connectivity index (χ2v) is 5.98. The molecule has 0 aliphatic heterocycles. The zero-order valence-corrected chi connectivity index (χ0v) is 15.2. The van der Waals surface area contributed by atoms with Gasteiger partial charge in [0.1, 0.15) is 11.6 Å². The van der Waals surface area contributed by atoms with Gasteiger partial charge in [0, 0.05) is 5.69 Å². The molecule has 0 aliphatic rings. The Morgan fingerprint density at radius 3 is 2.48 bits per heavy atom. The zero-order chi connectivity index (χ0) is 20.6. The highest BCUT2D eigenvalue weighted by atomic mass is 19.1. The summed E-state index contributed by atoms with van der Waals surface area (Å²) in [6, 6.07) is 20.3. The van der Waals surface area contributed by atoms with E-state index in [4.69, 9.17) is 10.00 Å². The van der Waals surface area contributed by atoms with Gasteiger partial charge < -0.3 is 15.4 Å². The molecule has 0 aliphatic carbocycles. The van der Waals surface area contributed by atoms with E-state index in [1.165, 1.54) is 30.3 Å². The fourth-order valence-electron chi connectivity index (χ4n) is 2.51. The van der Waals surface area contributed by atoms with E-state index in [2.05, 4.69) is 10.6 Å². The quantitative estimate of drug-likeness (QED) is 0.667. The summed E-state index contributed by atoms with van der Waals surface area (Å²) in [6.45, 7) is -0.289. The van der Waals surface area contributed by atoms with Crippen LogP contribution in [0.4, 0.5) is 15.8 Å². The summed E-state index contributed by atoms with van der Waals surface area (Å²) in [5.41, 5.74) is 1.41. The van der Waals surface area contributed by atoms with Gasteiger partial charge in [-0.05, 0) is 54.6 Å². The number of ether oxygens (including phenoxy) is 1. The highest BCUT2D eigenvalue weighted by Crippen LogP contribution is 2.18. The first-order valence-corrected chi connectivity index (χ1v) is 8.64. The van der Waals surface area contributed by atoms with Crippen LogP contribution in [0.1, 0.15) is 15.9 Å². The summed E-state index contributed by atoms with van der Waals surface area (Å²) < 4.78 is 18.4. The largest absolute Gasteiger partial charge is 0.484 e. The lowest BCUT2D eigenvalue weighted by Gasteiger charge is -2.12. The van der Waals surface area contributed by atoms with Gasteiger partial charge in [0.2, 0.25) is 0 Å². The van der Waals surface area contributed by atoms with Gasteiger partial charge in [-0.1, -0.05) is 18.2 Å². The Morgan fingerprint density at radius 2 is 1.72 bits per heavy atom. The minimum absolute atomic E-state index is 0.247. The number of nitriles is 1. The molecule has 3 aromatic rings. The van der Waals surface area contributed by atoms with Crippen molar-refractivity contribution >= 4 is 23.2 Å². The Labute approximate surface area is 166 Å². The van der Waals surface area contributed by atoms with Crippen LogP contribution in [0.5, 0.6) is 5.75 Å². The van der Waals surface area contributed by atoms with Gasteiger partial charge in [0.15, 0.2) is 6.61 Å². The lowest BCUT2D eigenvalue weighted by atomic mass is 10.1. The first kappa shape index (κ1) is 19.6. The molecule has 144 valence electrons. The summed E-state index contributed by atoms with van der Waals surface area (Å²) in [6.07, 6.45) is 0. The van der Waals surface area contributed by atoms with E-state index in [1.54, 1.807) is 42.5 Å². The number of nitrogens with one attached hydrogen (secondary N) is 2. The molecule has 0 radical (unpaired) electrons. The van der Waals surface area contributed by atoms with Crippen LogP contribution in [-0.4, -0.2) is 18.4 Å². The number of carbonyl (C=O) groups is 2. The molecule has 0 spiro atoms. The first-order chi connectivity index (χ1) is 14.0. The topological polar surface area (TPSA) is 91.2 Å². The van der Waals surface area contributed by atoms with E-state index in [1.807, 2.05) is 6.07 Å². The van der Waals surface area contributed by atoms with Gasteiger partial charge in [-0.15, -0.1) is 0 Å². The highest BCUT2D eigenvalue weighted by molar-refractivity contribution is 6.10. The van der Waals surface area contributed by atoms with Crippen molar-refractivity contribution < 1.29 is 18.7 Å². The van der Waals surface area contributed by atoms with E-state index in [-0.39, 0.29) is 12.2 Å². The molecule has 2 N–H and O–H groups in total. The van der Waals surface area contributed by atoms with Crippen LogP contribution in [0.3, 0.4) is 0 Å². The Kier molecular flexibility index (Phi) is 6.18. The molecule has 0 heterocycles. The number of halogens is 1. The molecule has 6 nitrogen and oxygen atoms in total. The van der Waals surface area contributed by atoms with Crippen LogP contribution in [-0.2, 0) is 4.79 Å². The highest BCUT2D eigenvalue weighted by Gasteiger charge is 2.14. The van der Waals surface area contributed by atoms with Crippen molar-refractivity contribution in [3.05, 3.63) is 89.7 Å². The van der Waals surface area contributed by atoms with Gasteiger partial charge in [-0.3, -0.25) is 9.59 Å². The number of benzene rings is 3. The Bertz CT molecular complexity index is 1080. The van der Waals surface area contributed by atoms with Crippen molar-refractivity contribution in [1.82, 2.24) is 0 Å². The SMILES string of the molecule is N#Cc1cccc(OCC(=O)Nc2ccccc2C(=O)Nc2ccc(F)cc2)c1. The Morgan fingerprint density at radius 1 is 0.966 bits per heavy atom. The molecule has 0 aromatic heterocycles. The van der Waals surface area contributed by atoms with Crippen molar-refractivity contribution in [2.45, 2.75) is 0 Å². The Balaban J connectivity index is 1.65. The second kappa shape index (κ2) is 9.15. The molecule has 7 heteroatoms. The maximum absolute atomic E-state index is 13.0. The third kappa shape index (κ3) is 5.40. The predicted octanol–water partition coefficient (Wildman–Crippen LogP) is 3.97. The summed E-state index contributed by atoms with van der Waals surface area (Å²) in [5.74, 6) is -0.929. The molecule has 0 saturated carbocycles. The molecule has 0 saturated heterocycles. The molecule has 3 aromatic carbocycles. The average molecular weight is 389 g/mol. The van der Waals surface area contributed by atoms with E-state index in [0.717, 1.165) is 0 Å². The van der Waals surface area contributed by atoms with Gasteiger partial charge in [-0.2, -0.15) is 5.26 Å². The monoisotopic (exact) mass is 389 g/mol. The summed E-state index contributed by atoms with van der Waals surface area (Å²) in [5, 5.41) is 14.2. The van der Waals surface area contributed by atoms with Crippen LogP contribution in [0.25, 0.3) is 0 Å². The molecule has 0 atom stereocenters. The third-order valence-electron chi connectivity index (χ3n) is 3.88. The maximum Gasteiger partial charge on any atom is 0.262 e. The van der Waals surface area contributed by atoms with Crippen LogP contribution < -0.4 is 15.4 Å². The van der Waals surface area contributed by atoms with Gasteiger partial charge in [0.05, 0.1) is 22.9 Å². The lowest BCUT2D eigenvalue weighted by molar-refractivity contribution is -0.118. The molecule has 0 fully saturated rings. The molecule has 0 unspecified atom stereocenters. The number of rotatable bonds is 6. The van der Waals surface area contributed by atoms with Gasteiger partial charge in [0.25, 0.3) is 11.8 Å². The van der Waals surface area contributed by atoms with Crippen molar-refractivity contribution in [1.29, 1.82) is 5.26 Å². The van der Waals surface area contributed by atoms with Gasteiger partial charge in [-0.25, -0.2) is 4.39 Å². The number of para-hydroxylation sites is 1. The molecule has 0 bridgehead atoms. The fourth-order valence-corrected chi connectivity index (χ4v) is 2.51. The van der Waals surface area contributed by atoms with Crippen LogP contribution in [0.15, 0.2) is 72.8 Å². The molecule has 3 rings (SSSR count). The van der Waals surface area contributed by atoms with Gasteiger partial charge >= 0.3 is 0 Å². The first-order valence-electron chi connectivity index (χ1n) is 8.64. The maximum atomic E-state index is 13.0. The van der Waals surface area contributed by atoms with E-state index >= 15 is 0 Å².